The maximum Gasteiger partial charge on any atom is 0.137 e. The Labute approximate surface area is 97.4 Å². The summed E-state index contributed by atoms with van der Waals surface area (Å²) in [5.74, 6) is -0.157. The van der Waals surface area contributed by atoms with Crippen LogP contribution in [-0.2, 0) is 0 Å². The van der Waals surface area contributed by atoms with Crippen LogP contribution in [0.5, 0.6) is 0 Å². The molecular formula is C10H5BrFI. The molecule has 0 saturated heterocycles. The molecule has 0 saturated carbocycles. The molecule has 66 valence electrons. The minimum Gasteiger partial charge on any atom is -0.206 e. The van der Waals surface area contributed by atoms with E-state index >= 15 is 0 Å². The third-order valence-electron chi connectivity index (χ3n) is 1.84. The van der Waals surface area contributed by atoms with E-state index in [-0.39, 0.29) is 5.82 Å². The first-order valence-electron chi connectivity index (χ1n) is 3.71. The Kier molecular flexibility index (Phi) is 2.55. The van der Waals surface area contributed by atoms with Crippen LogP contribution in [0.15, 0.2) is 34.8 Å². The van der Waals surface area contributed by atoms with Gasteiger partial charge in [0.15, 0.2) is 0 Å². The Morgan fingerprint density at radius 2 is 1.85 bits per heavy atom. The molecule has 0 aliphatic carbocycles. The van der Waals surface area contributed by atoms with Gasteiger partial charge in [-0.05, 0) is 57.6 Å². The van der Waals surface area contributed by atoms with E-state index in [2.05, 4.69) is 15.9 Å². The van der Waals surface area contributed by atoms with Crippen LogP contribution in [0.1, 0.15) is 0 Å². The molecule has 0 fully saturated rings. The topological polar surface area (TPSA) is 0 Å². The van der Waals surface area contributed by atoms with Gasteiger partial charge in [0.25, 0.3) is 0 Å². The van der Waals surface area contributed by atoms with Gasteiger partial charge >= 0.3 is 0 Å². The lowest BCUT2D eigenvalue weighted by molar-refractivity contribution is 0.622. The molecule has 0 heterocycles. The lowest BCUT2D eigenvalue weighted by atomic mass is 10.1. The first kappa shape index (κ1) is 9.40. The molecule has 3 heteroatoms. The molecular weight excluding hydrogens is 346 g/mol. The van der Waals surface area contributed by atoms with Crippen LogP contribution in [0.25, 0.3) is 10.8 Å². The minimum absolute atomic E-state index is 0.157. The van der Waals surface area contributed by atoms with Crippen molar-refractivity contribution in [1.29, 1.82) is 0 Å². The van der Waals surface area contributed by atoms with Crippen molar-refractivity contribution in [1.82, 2.24) is 0 Å². The standard InChI is InChI=1S/C10H5BrFI/c11-8-2-1-6-4-9(12)10(13)5-7(6)3-8/h1-5H. The van der Waals surface area contributed by atoms with Crippen molar-refractivity contribution in [3.05, 3.63) is 44.2 Å². The van der Waals surface area contributed by atoms with Crippen LogP contribution >= 0.6 is 38.5 Å². The molecule has 0 atom stereocenters. The Morgan fingerprint density at radius 3 is 2.62 bits per heavy atom. The van der Waals surface area contributed by atoms with Gasteiger partial charge < -0.3 is 0 Å². The third-order valence-corrected chi connectivity index (χ3v) is 3.16. The SMILES string of the molecule is Fc1cc2ccc(Br)cc2cc1I. The Morgan fingerprint density at radius 1 is 1.08 bits per heavy atom. The molecule has 0 aromatic heterocycles. The molecule has 0 nitrogen and oxygen atoms in total. The number of fused-ring (bicyclic) bond motifs is 1. The van der Waals surface area contributed by atoms with E-state index in [4.69, 9.17) is 0 Å². The van der Waals surface area contributed by atoms with Crippen LogP contribution in [-0.4, -0.2) is 0 Å². The van der Waals surface area contributed by atoms with Crippen molar-refractivity contribution in [2.75, 3.05) is 0 Å². The summed E-state index contributed by atoms with van der Waals surface area (Å²) in [6, 6.07) is 9.20. The van der Waals surface area contributed by atoms with E-state index in [1.165, 1.54) is 0 Å². The number of benzene rings is 2. The summed E-state index contributed by atoms with van der Waals surface area (Å²) in [4.78, 5) is 0. The minimum atomic E-state index is -0.157. The first-order valence-corrected chi connectivity index (χ1v) is 5.58. The molecule has 0 N–H and O–H groups in total. The van der Waals surface area contributed by atoms with E-state index in [0.717, 1.165) is 15.2 Å². The zero-order chi connectivity index (χ0) is 9.42. The fraction of sp³-hybridized carbons (Fsp3) is 0. The Bertz CT molecular complexity index is 468. The smallest absolute Gasteiger partial charge is 0.137 e. The summed E-state index contributed by atoms with van der Waals surface area (Å²) >= 11 is 5.37. The molecule has 2 rings (SSSR count). The predicted molar refractivity (Wildman–Crippen MR) is 64.3 cm³/mol. The highest BCUT2D eigenvalue weighted by Gasteiger charge is 2.01. The third kappa shape index (κ3) is 1.86. The van der Waals surface area contributed by atoms with Gasteiger partial charge in [-0.2, -0.15) is 0 Å². The Balaban J connectivity index is 2.81. The molecule has 0 spiro atoms. The number of rotatable bonds is 0. The fourth-order valence-electron chi connectivity index (χ4n) is 1.21. The quantitative estimate of drug-likeness (QED) is 0.620. The number of hydrogen-bond acceptors (Lipinski definition) is 0. The molecule has 2 aromatic rings. The van der Waals surface area contributed by atoms with Crippen molar-refractivity contribution < 1.29 is 4.39 Å². The molecule has 0 aliphatic heterocycles. The molecule has 2 aromatic carbocycles. The Hall–Kier alpha value is -0.160. The largest absolute Gasteiger partial charge is 0.206 e. The second kappa shape index (κ2) is 3.53. The van der Waals surface area contributed by atoms with Crippen molar-refractivity contribution in [3.63, 3.8) is 0 Å². The summed E-state index contributed by atoms with van der Waals surface area (Å²) in [5.41, 5.74) is 0. The van der Waals surface area contributed by atoms with Crippen molar-refractivity contribution in [2.24, 2.45) is 0 Å². The lowest BCUT2D eigenvalue weighted by Gasteiger charge is -2.00. The maximum absolute atomic E-state index is 13.1. The zero-order valence-corrected chi connectivity index (χ0v) is 10.3. The molecule has 13 heavy (non-hydrogen) atoms. The molecule has 0 amide bonds. The summed E-state index contributed by atoms with van der Waals surface area (Å²) in [5, 5.41) is 1.99. The van der Waals surface area contributed by atoms with Crippen LogP contribution < -0.4 is 0 Å². The van der Waals surface area contributed by atoms with E-state index in [1.807, 2.05) is 46.9 Å². The maximum atomic E-state index is 13.1. The summed E-state index contributed by atoms with van der Waals surface area (Å²) in [6.07, 6.45) is 0. The highest BCUT2D eigenvalue weighted by Crippen LogP contribution is 2.23. The molecule has 0 unspecified atom stereocenters. The van der Waals surface area contributed by atoms with Gasteiger partial charge in [0, 0.05) is 8.04 Å². The van der Waals surface area contributed by atoms with Gasteiger partial charge in [-0.25, -0.2) is 4.39 Å². The monoisotopic (exact) mass is 350 g/mol. The van der Waals surface area contributed by atoms with Crippen molar-refractivity contribution >= 4 is 49.3 Å². The molecule has 0 bridgehead atoms. The highest BCUT2D eigenvalue weighted by molar-refractivity contribution is 14.1. The van der Waals surface area contributed by atoms with E-state index in [1.54, 1.807) is 6.07 Å². The van der Waals surface area contributed by atoms with E-state index in [0.29, 0.717) is 3.57 Å². The van der Waals surface area contributed by atoms with Crippen LogP contribution in [0, 0.1) is 9.39 Å². The summed E-state index contributed by atoms with van der Waals surface area (Å²) in [6.45, 7) is 0. The molecule has 0 radical (unpaired) electrons. The summed E-state index contributed by atoms with van der Waals surface area (Å²) < 4.78 is 14.8. The normalized spacial score (nSPS) is 10.7. The second-order valence-electron chi connectivity index (χ2n) is 2.76. The lowest BCUT2D eigenvalue weighted by Crippen LogP contribution is -1.82. The van der Waals surface area contributed by atoms with Crippen LogP contribution in [0.2, 0.25) is 0 Å². The van der Waals surface area contributed by atoms with Gasteiger partial charge in [-0.1, -0.05) is 22.0 Å². The first-order chi connectivity index (χ1) is 6.16. The van der Waals surface area contributed by atoms with Gasteiger partial charge in [0.1, 0.15) is 5.82 Å². The van der Waals surface area contributed by atoms with Crippen molar-refractivity contribution in [3.8, 4) is 0 Å². The van der Waals surface area contributed by atoms with E-state index < -0.39 is 0 Å². The van der Waals surface area contributed by atoms with Crippen LogP contribution in [0.4, 0.5) is 4.39 Å². The average Bonchev–Trinajstić information content (AvgIpc) is 2.08. The second-order valence-corrected chi connectivity index (χ2v) is 4.84. The van der Waals surface area contributed by atoms with Gasteiger partial charge in [-0.15, -0.1) is 0 Å². The average molecular weight is 351 g/mol. The van der Waals surface area contributed by atoms with Gasteiger partial charge in [0.2, 0.25) is 0 Å². The van der Waals surface area contributed by atoms with E-state index in [9.17, 15) is 4.39 Å². The molecule has 0 aliphatic rings. The number of hydrogen-bond donors (Lipinski definition) is 0. The fourth-order valence-corrected chi connectivity index (χ4v) is 2.08. The predicted octanol–water partition coefficient (Wildman–Crippen LogP) is 4.35. The zero-order valence-electron chi connectivity index (χ0n) is 6.52. The highest BCUT2D eigenvalue weighted by atomic mass is 127. The van der Waals surface area contributed by atoms with Crippen LogP contribution in [0.3, 0.4) is 0 Å². The van der Waals surface area contributed by atoms with Gasteiger partial charge in [0.05, 0.1) is 0 Å². The number of halogens is 3. The van der Waals surface area contributed by atoms with Gasteiger partial charge in [-0.3, -0.25) is 0 Å². The summed E-state index contributed by atoms with van der Waals surface area (Å²) in [7, 11) is 0. The van der Waals surface area contributed by atoms with Crippen molar-refractivity contribution in [2.45, 2.75) is 0 Å².